The predicted octanol–water partition coefficient (Wildman–Crippen LogP) is 4.35. The van der Waals surface area contributed by atoms with E-state index in [9.17, 15) is 0 Å². The maximum Gasteiger partial charge on any atom is 0.0254 e. The molecular formula is C12H9BrS. The maximum absolute atomic E-state index is 3.61. The standard InChI is InChI=1S/C12H9BrS/c13-11-5-4-9-7-14-6-8-2-1-3-10(11)12(8)9/h1-5H,6-7H2. The van der Waals surface area contributed by atoms with Gasteiger partial charge in [-0.15, -0.1) is 0 Å². The summed E-state index contributed by atoms with van der Waals surface area (Å²) in [5.41, 5.74) is 2.96. The van der Waals surface area contributed by atoms with Crippen LogP contribution in [0.2, 0.25) is 0 Å². The van der Waals surface area contributed by atoms with E-state index >= 15 is 0 Å². The van der Waals surface area contributed by atoms with E-state index in [-0.39, 0.29) is 0 Å². The van der Waals surface area contributed by atoms with Crippen molar-refractivity contribution in [3.8, 4) is 0 Å². The topological polar surface area (TPSA) is 0 Å². The van der Waals surface area contributed by atoms with Gasteiger partial charge in [0, 0.05) is 16.0 Å². The Hall–Kier alpha value is -0.470. The molecule has 0 unspecified atom stereocenters. The molecule has 2 heteroatoms. The van der Waals surface area contributed by atoms with Gasteiger partial charge in [0.05, 0.1) is 0 Å². The first-order valence-corrected chi connectivity index (χ1v) is 6.58. The Balaban J connectivity index is 2.51. The van der Waals surface area contributed by atoms with Gasteiger partial charge >= 0.3 is 0 Å². The lowest BCUT2D eigenvalue weighted by molar-refractivity contribution is 1.34. The number of halogens is 1. The van der Waals surface area contributed by atoms with E-state index in [1.165, 1.54) is 26.4 Å². The van der Waals surface area contributed by atoms with Crippen LogP contribution in [0.15, 0.2) is 34.8 Å². The number of thioether (sulfide) groups is 1. The van der Waals surface area contributed by atoms with Crippen molar-refractivity contribution in [2.24, 2.45) is 0 Å². The van der Waals surface area contributed by atoms with Gasteiger partial charge in [0.2, 0.25) is 0 Å². The second-order valence-electron chi connectivity index (χ2n) is 3.54. The molecule has 0 N–H and O–H groups in total. The van der Waals surface area contributed by atoms with E-state index in [0.717, 1.165) is 11.5 Å². The van der Waals surface area contributed by atoms with Gasteiger partial charge in [-0.1, -0.05) is 40.2 Å². The highest BCUT2D eigenvalue weighted by atomic mass is 79.9. The Kier molecular flexibility index (Phi) is 2.06. The first kappa shape index (κ1) is 8.81. The summed E-state index contributed by atoms with van der Waals surface area (Å²) in [4.78, 5) is 0. The summed E-state index contributed by atoms with van der Waals surface area (Å²) < 4.78 is 1.21. The Morgan fingerprint density at radius 1 is 1.00 bits per heavy atom. The van der Waals surface area contributed by atoms with Crippen molar-refractivity contribution in [3.63, 3.8) is 0 Å². The molecule has 14 heavy (non-hydrogen) atoms. The largest absolute Gasteiger partial charge is 0.152 e. The zero-order valence-electron chi connectivity index (χ0n) is 7.59. The summed E-state index contributed by atoms with van der Waals surface area (Å²) in [5.74, 6) is 2.31. The number of hydrogen-bond donors (Lipinski definition) is 0. The molecule has 0 fully saturated rings. The number of hydrogen-bond acceptors (Lipinski definition) is 1. The third kappa shape index (κ3) is 1.21. The number of rotatable bonds is 0. The van der Waals surface area contributed by atoms with Gasteiger partial charge in [0.1, 0.15) is 0 Å². The number of benzene rings is 2. The molecule has 3 rings (SSSR count). The molecule has 0 saturated heterocycles. The zero-order chi connectivity index (χ0) is 9.54. The Labute approximate surface area is 95.8 Å². The van der Waals surface area contributed by atoms with Crippen molar-refractivity contribution < 1.29 is 0 Å². The molecule has 0 radical (unpaired) electrons. The van der Waals surface area contributed by atoms with Crippen molar-refractivity contribution in [2.75, 3.05) is 0 Å². The molecule has 1 heterocycles. The minimum Gasteiger partial charge on any atom is -0.152 e. The van der Waals surface area contributed by atoms with Crippen LogP contribution in [0.3, 0.4) is 0 Å². The normalized spacial score (nSPS) is 14.6. The summed E-state index contributed by atoms with van der Waals surface area (Å²) in [6.45, 7) is 0. The molecule has 0 spiro atoms. The smallest absolute Gasteiger partial charge is 0.0254 e. The molecule has 0 nitrogen and oxygen atoms in total. The zero-order valence-corrected chi connectivity index (χ0v) is 9.99. The fourth-order valence-electron chi connectivity index (χ4n) is 2.04. The van der Waals surface area contributed by atoms with E-state index in [1.807, 2.05) is 11.8 Å². The molecule has 0 saturated carbocycles. The average molecular weight is 265 g/mol. The van der Waals surface area contributed by atoms with Crippen LogP contribution in [-0.2, 0) is 11.5 Å². The van der Waals surface area contributed by atoms with Crippen molar-refractivity contribution in [1.29, 1.82) is 0 Å². The predicted molar refractivity (Wildman–Crippen MR) is 66.6 cm³/mol. The fourth-order valence-corrected chi connectivity index (χ4v) is 3.52. The lowest BCUT2D eigenvalue weighted by Gasteiger charge is -2.17. The molecule has 1 aliphatic rings. The molecule has 0 aromatic heterocycles. The van der Waals surface area contributed by atoms with Crippen LogP contribution in [0.1, 0.15) is 11.1 Å². The van der Waals surface area contributed by atoms with Gasteiger partial charge in [0.15, 0.2) is 0 Å². The van der Waals surface area contributed by atoms with Crippen LogP contribution in [-0.4, -0.2) is 0 Å². The Morgan fingerprint density at radius 3 is 2.64 bits per heavy atom. The van der Waals surface area contributed by atoms with E-state index in [0.29, 0.717) is 0 Å². The highest BCUT2D eigenvalue weighted by molar-refractivity contribution is 9.10. The van der Waals surface area contributed by atoms with E-state index in [1.54, 1.807) is 0 Å². The van der Waals surface area contributed by atoms with Gasteiger partial charge in [-0.25, -0.2) is 0 Å². The molecule has 0 atom stereocenters. The molecule has 0 amide bonds. The second kappa shape index (κ2) is 3.28. The van der Waals surface area contributed by atoms with E-state index in [4.69, 9.17) is 0 Å². The summed E-state index contributed by atoms with van der Waals surface area (Å²) in [6, 6.07) is 11.0. The van der Waals surface area contributed by atoms with Crippen LogP contribution in [0, 0.1) is 0 Å². The van der Waals surface area contributed by atoms with Crippen molar-refractivity contribution in [2.45, 2.75) is 11.5 Å². The summed E-state index contributed by atoms with van der Waals surface area (Å²) in [7, 11) is 0. The van der Waals surface area contributed by atoms with Gasteiger partial charge in [-0.2, -0.15) is 11.8 Å². The van der Waals surface area contributed by atoms with E-state index in [2.05, 4.69) is 46.3 Å². The van der Waals surface area contributed by atoms with Gasteiger partial charge in [-0.05, 0) is 28.0 Å². The molecule has 0 bridgehead atoms. The van der Waals surface area contributed by atoms with Crippen LogP contribution in [0.25, 0.3) is 10.8 Å². The second-order valence-corrected chi connectivity index (χ2v) is 5.38. The van der Waals surface area contributed by atoms with Gasteiger partial charge in [0.25, 0.3) is 0 Å². The van der Waals surface area contributed by atoms with Crippen molar-refractivity contribution in [3.05, 3.63) is 45.9 Å². The molecule has 2 aromatic carbocycles. The third-order valence-electron chi connectivity index (χ3n) is 2.68. The van der Waals surface area contributed by atoms with Crippen LogP contribution >= 0.6 is 27.7 Å². The highest BCUT2D eigenvalue weighted by Crippen LogP contribution is 2.37. The molecule has 70 valence electrons. The SMILES string of the molecule is Brc1ccc2c3c(cccc13)CSC2. The molecule has 0 aliphatic carbocycles. The average Bonchev–Trinajstić information content (AvgIpc) is 2.24. The minimum absolute atomic E-state index is 1.15. The van der Waals surface area contributed by atoms with Crippen LogP contribution in [0.4, 0.5) is 0 Å². The van der Waals surface area contributed by atoms with E-state index < -0.39 is 0 Å². The lowest BCUT2D eigenvalue weighted by Crippen LogP contribution is -1.96. The van der Waals surface area contributed by atoms with Crippen molar-refractivity contribution in [1.82, 2.24) is 0 Å². The fraction of sp³-hybridized carbons (Fsp3) is 0.167. The monoisotopic (exact) mass is 264 g/mol. The van der Waals surface area contributed by atoms with Crippen LogP contribution in [0.5, 0.6) is 0 Å². The Morgan fingerprint density at radius 2 is 1.79 bits per heavy atom. The van der Waals surface area contributed by atoms with Gasteiger partial charge in [-0.3, -0.25) is 0 Å². The minimum atomic E-state index is 1.15. The molecular weight excluding hydrogens is 256 g/mol. The third-order valence-corrected chi connectivity index (χ3v) is 4.40. The lowest BCUT2D eigenvalue weighted by atomic mass is 10.0. The summed E-state index contributed by atoms with van der Waals surface area (Å²) in [6.07, 6.45) is 0. The highest BCUT2D eigenvalue weighted by Gasteiger charge is 2.13. The molecule has 1 aliphatic heterocycles. The van der Waals surface area contributed by atoms with Gasteiger partial charge < -0.3 is 0 Å². The summed E-state index contributed by atoms with van der Waals surface area (Å²) >= 11 is 5.61. The maximum atomic E-state index is 3.61. The first-order chi connectivity index (χ1) is 6.86. The summed E-state index contributed by atoms with van der Waals surface area (Å²) in [5, 5.41) is 2.83. The van der Waals surface area contributed by atoms with Crippen molar-refractivity contribution >= 4 is 38.5 Å². The Bertz CT molecular complexity index is 495. The van der Waals surface area contributed by atoms with Crippen LogP contribution < -0.4 is 0 Å². The first-order valence-electron chi connectivity index (χ1n) is 4.63. The quantitative estimate of drug-likeness (QED) is 0.682. The molecule has 2 aromatic rings.